The van der Waals surface area contributed by atoms with E-state index in [4.69, 9.17) is 4.98 Å². The Kier molecular flexibility index (Phi) is 5.11. The molecule has 1 aliphatic heterocycles. The number of carbonyl (C=O) groups excluding carboxylic acids is 1. The molecule has 0 radical (unpaired) electrons. The first-order valence-corrected chi connectivity index (χ1v) is 9.10. The Hall–Kier alpha value is -2.63. The van der Waals surface area contributed by atoms with Gasteiger partial charge in [-0.3, -0.25) is 14.0 Å². The highest BCUT2D eigenvalue weighted by Crippen LogP contribution is 2.25. The number of nitrogens with zero attached hydrogens (tertiary/aromatic N) is 4. The zero-order valence-corrected chi connectivity index (χ0v) is 15.7. The van der Waals surface area contributed by atoms with Crippen LogP contribution in [-0.4, -0.2) is 40.3 Å². The van der Waals surface area contributed by atoms with Gasteiger partial charge in [0.05, 0.1) is 6.04 Å². The maximum Gasteiger partial charge on any atom is 0.259 e. The number of hydrogen-bond donors (Lipinski definition) is 0. The van der Waals surface area contributed by atoms with E-state index in [-0.39, 0.29) is 17.5 Å². The van der Waals surface area contributed by atoms with Gasteiger partial charge in [-0.15, -0.1) is 0 Å². The normalized spacial score (nSPS) is 15.7. The van der Waals surface area contributed by atoms with E-state index >= 15 is 0 Å². The molecule has 6 heteroatoms. The van der Waals surface area contributed by atoms with Gasteiger partial charge in [0, 0.05) is 38.0 Å². The van der Waals surface area contributed by atoms with Crippen LogP contribution >= 0.6 is 0 Å². The number of aryl methyl sites for hydroxylation is 1. The summed E-state index contributed by atoms with van der Waals surface area (Å²) in [5.74, 6) is 0.566. The van der Waals surface area contributed by atoms with Gasteiger partial charge in [0.15, 0.2) is 0 Å². The fourth-order valence-electron chi connectivity index (χ4n) is 3.49. The van der Waals surface area contributed by atoms with Crippen LogP contribution in [0.4, 0.5) is 5.82 Å². The Morgan fingerprint density at radius 3 is 2.65 bits per heavy atom. The molecule has 1 saturated heterocycles. The van der Waals surface area contributed by atoms with E-state index in [1.54, 1.807) is 28.6 Å². The van der Waals surface area contributed by atoms with Crippen LogP contribution in [0.25, 0.3) is 5.65 Å². The number of rotatable bonds is 4. The van der Waals surface area contributed by atoms with Gasteiger partial charge >= 0.3 is 0 Å². The van der Waals surface area contributed by atoms with E-state index in [1.165, 1.54) is 12.5 Å². The van der Waals surface area contributed by atoms with Crippen LogP contribution < -0.4 is 10.5 Å². The molecular formula is C20H26N4O2. The molecule has 0 aromatic carbocycles. The number of likely N-dealkylation sites (N-methyl/N-ethyl adjacent to an activating group) is 1. The summed E-state index contributed by atoms with van der Waals surface area (Å²) in [5, 5.41) is 0. The number of fused-ring (bicyclic) bond motifs is 1. The van der Waals surface area contributed by atoms with Crippen molar-refractivity contribution in [1.29, 1.82) is 0 Å². The molecule has 1 fully saturated rings. The highest BCUT2D eigenvalue weighted by Gasteiger charge is 2.21. The Balaban J connectivity index is 2.15. The fourth-order valence-corrected chi connectivity index (χ4v) is 3.49. The molecule has 3 rings (SSSR count). The lowest BCUT2D eigenvalue weighted by Crippen LogP contribution is -2.32. The Bertz CT molecular complexity index is 897. The minimum atomic E-state index is -0.223. The van der Waals surface area contributed by atoms with E-state index in [0.29, 0.717) is 5.65 Å². The average Bonchev–Trinajstić information content (AvgIpc) is 2.66. The summed E-state index contributed by atoms with van der Waals surface area (Å²) in [6, 6.07) is 3.39. The molecule has 1 atom stereocenters. The minimum Gasteiger partial charge on any atom is -0.356 e. The first kappa shape index (κ1) is 18.2. The lowest BCUT2D eigenvalue weighted by molar-refractivity contribution is -0.126. The molecule has 6 nitrogen and oxygen atoms in total. The number of piperidine rings is 1. The molecule has 0 aliphatic carbocycles. The van der Waals surface area contributed by atoms with Crippen LogP contribution in [0.3, 0.4) is 0 Å². The molecular weight excluding hydrogens is 328 g/mol. The topological polar surface area (TPSA) is 57.9 Å². The summed E-state index contributed by atoms with van der Waals surface area (Å²) in [7, 11) is 1.74. The maximum absolute atomic E-state index is 12.7. The molecule has 26 heavy (non-hydrogen) atoms. The van der Waals surface area contributed by atoms with Crippen LogP contribution in [0.15, 0.2) is 35.8 Å². The van der Waals surface area contributed by atoms with E-state index in [0.717, 1.165) is 42.9 Å². The van der Waals surface area contributed by atoms with Gasteiger partial charge in [-0.2, -0.15) is 0 Å². The van der Waals surface area contributed by atoms with Gasteiger partial charge < -0.3 is 9.80 Å². The summed E-state index contributed by atoms with van der Waals surface area (Å²) < 4.78 is 1.58. The van der Waals surface area contributed by atoms with Crippen molar-refractivity contribution in [2.24, 2.45) is 0 Å². The van der Waals surface area contributed by atoms with Crippen molar-refractivity contribution in [2.75, 3.05) is 25.0 Å². The number of aromatic nitrogens is 2. The van der Waals surface area contributed by atoms with Crippen LogP contribution in [0.1, 0.15) is 43.4 Å². The van der Waals surface area contributed by atoms with E-state index in [2.05, 4.69) is 11.5 Å². The number of hydrogen-bond acceptors (Lipinski definition) is 4. The van der Waals surface area contributed by atoms with Crippen LogP contribution in [-0.2, 0) is 4.79 Å². The van der Waals surface area contributed by atoms with Crippen molar-refractivity contribution in [1.82, 2.24) is 14.3 Å². The van der Waals surface area contributed by atoms with Gasteiger partial charge in [0.1, 0.15) is 11.5 Å². The van der Waals surface area contributed by atoms with E-state index in [1.807, 2.05) is 19.9 Å². The Labute approximate surface area is 153 Å². The Morgan fingerprint density at radius 1 is 1.31 bits per heavy atom. The molecule has 2 aromatic heterocycles. The maximum atomic E-state index is 12.7. The average molecular weight is 354 g/mol. The molecule has 138 valence electrons. The highest BCUT2D eigenvalue weighted by molar-refractivity contribution is 5.87. The van der Waals surface area contributed by atoms with Crippen LogP contribution in [0.5, 0.6) is 0 Å². The van der Waals surface area contributed by atoms with Crippen molar-refractivity contribution in [3.05, 3.63) is 52.5 Å². The summed E-state index contributed by atoms with van der Waals surface area (Å²) in [6.07, 6.45) is 6.56. The molecule has 0 bridgehead atoms. The lowest BCUT2D eigenvalue weighted by atomic mass is 10.1. The standard InChI is InChI=1S/C20H26N4O2/c1-5-18(25)22(4)15(3)16-11-14(2)13-24-19(26)12-17(21-20(16)24)23-9-7-6-8-10-23/h5,11-13,15H,1,6-10H2,2-4H3. The third-order valence-electron chi connectivity index (χ3n) is 5.15. The van der Waals surface area contributed by atoms with Crippen LogP contribution in [0, 0.1) is 6.92 Å². The quantitative estimate of drug-likeness (QED) is 0.792. The van der Waals surface area contributed by atoms with Crippen molar-refractivity contribution in [2.45, 2.75) is 39.2 Å². The SMILES string of the molecule is C=CC(=O)N(C)C(C)c1cc(C)cn2c(=O)cc(N3CCCCC3)nc12. The predicted octanol–water partition coefficient (Wildman–Crippen LogP) is 2.70. The molecule has 2 aromatic rings. The third kappa shape index (κ3) is 3.36. The van der Waals surface area contributed by atoms with Gasteiger partial charge in [-0.05, 0) is 50.8 Å². The molecule has 1 aliphatic rings. The van der Waals surface area contributed by atoms with Crippen molar-refractivity contribution in [3.8, 4) is 0 Å². The monoisotopic (exact) mass is 354 g/mol. The summed E-state index contributed by atoms with van der Waals surface area (Å²) in [4.78, 5) is 33.4. The summed E-state index contributed by atoms with van der Waals surface area (Å²) in [6.45, 7) is 9.29. The molecule has 0 saturated carbocycles. The number of carbonyl (C=O) groups is 1. The first-order valence-electron chi connectivity index (χ1n) is 9.10. The second-order valence-electron chi connectivity index (χ2n) is 7.00. The second-order valence-corrected chi connectivity index (χ2v) is 7.00. The molecule has 0 spiro atoms. The van der Waals surface area contributed by atoms with Gasteiger partial charge in [-0.25, -0.2) is 4.98 Å². The fraction of sp³-hybridized carbons (Fsp3) is 0.450. The molecule has 3 heterocycles. The smallest absolute Gasteiger partial charge is 0.259 e. The van der Waals surface area contributed by atoms with Crippen molar-refractivity contribution < 1.29 is 4.79 Å². The van der Waals surface area contributed by atoms with Gasteiger partial charge in [0.25, 0.3) is 5.56 Å². The number of amides is 1. The third-order valence-corrected chi connectivity index (χ3v) is 5.15. The number of anilines is 1. The van der Waals surface area contributed by atoms with E-state index in [9.17, 15) is 9.59 Å². The largest absolute Gasteiger partial charge is 0.356 e. The van der Waals surface area contributed by atoms with E-state index < -0.39 is 0 Å². The molecule has 1 amide bonds. The molecule has 0 N–H and O–H groups in total. The van der Waals surface area contributed by atoms with Crippen molar-refractivity contribution >= 4 is 17.4 Å². The predicted molar refractivity (Wildman–Crippen MR) is 104 cm³/mol. The summed E-state index contributed by atoms with van der Waals surface area (Å²) in [5.41, 5.74) is 2.33. The second kappa shape index (κ2) is 7.32. The van der Waals surface area contributed by atoms with Crippen molar-refractivity contribution in [3.63, 3.8) is 0 Å². The Morgan fingerprint density at radius 2 is 2.00 bits per heavy atom. The van der Waals surface area contributed by atoms with Gasteiger partial charge in [-0.1, -0.05) is 6.58 Å². The minimum absolute atomic E-state index is 0.0922. The van der Waals surface area contributed by atoms with Gasteiger partial charge in [0.2, 0.25) is 5.91 Å². The van der Waals surface area contributed by atoms with Crippen LogP contribution in [0.2, 0.25) is 0 Å². The zero-order valence-electron chi connectivity index (χ0n) is 15.7. The lowest BCUT2D eigenvalue weighted by Gasteiger charge is -2.29. The first-order chi connectivity index (χ1) is 12.4. The zero-order chi connectivity index (χ0) is 18.8. The number of pyridine rings is 1. The molecule has 1 unspecified atom stereocenters. The highest BCUT2D eigenvalue weighted by atomic mass is 16.2. The summed E-state index contributed by atoms with van der Waals surface area (Å²) >= 11 is 0.